The van der Waals surface area contributed by atoms with Crippen LogP contribution in [0.25, 0.3) is 11.4 Å². The topological polar surface area (TPSA) is 103 Å². The molecule has 4 rings (SSSR count). The molecule has 0 radical (unpaired) electrons. The summed E-state index contributed by atoms with van der Waals surface area (Å²) in [6, 6.07) is 13.8. The van der Waals surface area contributed by atoms with Crippen LogP contribution in [0.5, 0.6) is 0 Å². The van der Waals surface area contributed by atoms with Crippen LogP contribution in [0.2, 0.25) is 0 Å². The number of sulfonamides is 1. The van der Waals surface area contributed by atoms with Crippen LogP contribution in [0.1, 0.15) is 18.7 Å². The summed E-state index contributed by atoms with van der Waals surface area (Å²) in [5, 5.41) is 3.80. The largest absolute Gasteiger partial charge is 0.455 e. The standard InChI is InChI=1S/C21H20FN3O5S/c22-17-8-6-15(7-9-17)20-23-19(30-24-20)14-29-21(26)16-10-12-25(13-11-16)31(27,28)18-4-2-1-3-5-18/h1-9,16H,10-14H2. The molecule has 1 aliphatic rings. The number of hydrogen-bond donors (Lipinski definition) is 0. The highest BCUT2D eigenvalue weighted by molar-refractivity contribution is 7.89. The third-order valence-electron chi connectivity index (χ3n) is 5.08. The molecule has 1 fully saturated rings. The molecule has 8 nitrogen and oxygen atoms in total. The summed E-state index contributed by atoms with van der Waals surface area (Å²) in [4.78, 5) is 16.8. The van der Waals surface area contributed by atoms with E-state index >= 15 is 0 Å². The summed E-state index contributed by atoms with van der Waals surface area (Å²) in [6.07, 6.45) is 0.741. The number of rotatable bonds is 6. The van der Waals surface area contributed by atoms with E-state index in [-0.39, 0.29) is 42.1 Å². The molecule has 0 amide bonds. The molecule has 1 aromatic heterocycles. The molecule has 3 aromatic rings. The molecule has 0 aliphatic carbocycles. The molecule has 31 heavy (non-hydrogen) atoms. The minimum absolute atomic E-state index is 0.122. The third kappa shape index (κ3) is 4.80. The summed E-state index contributed by atoms with van der Waals surface area (Å²) in [5.74, 6) is -0.814. The first-order chi connectivity index (χ1) is 14.9. The number of aromatic nitrogens is 2. The van der Waals surface area contributed by atoms with Gasteiger partial charge < -0.3 is 9.26 Å². The molecule has 0 atom stereocenters. The Morgan fingerprint density at radius 3 is 2.45 bits per heavy atom. The molecule has 0 bridgehead atoms. The van der Waals surface area contributed by atoms with Crippen molar-refractivity contribution in [2.24, 2.45) is 5.92 Å². The molecule has 0 unspecified atom stereocenters. The summed E-state index contributed by atoms with van der Waals surface area (Å²) in [5.41, 5.74) is 0.578. The van der Waals surface area contributed by atoms with Gasteiger partial charge in [-0.3, -0.25) is 4.79 Å². The fraction of sp³-hybridized carbons (Fsp3) is 0.286. The van der Waals surface area contributed by atoms with Crippen molar-refractivity contribution in [3.8, 4) is 11.4 Å². The molecular weight excluding hydrogens is 425 g/mol. The van der Waals surface area contributed by atoms with Crippen LogP contribution in [0, 0.1) is 11.7 Å². The van der Waals surface area contributed by atoms with Crippen molar-refractivity contribution >= 4 is 16.0 Å². The van der Waals surface area contributed by atoms with E-state index in [4.69, 9.17) is 9.26 Å². The van der Waals surface area contributed by atoms with Crippen LogP contribution in [0.15, 0.2) is 64.0 Å². The molecule has 2 heterocycles. The Bertz CT molecular complexity index is 1140. The number of benzene rings is 2. The Morgan fingerprint density at radius 2 is 1.77 bits per heavy atom. The molecule has 2 aromatic carbocycles. The summed E-state index contributed by atoms with van der Waals surface area (Å²) in [7, 11) is -3.57. The van der Waals surface area contributed by atoms with Gasteiger partial charge in [-0.2, -0.15) is 9.29 Å². The van der Waals surface area contributed by atoms with Gasteiger partial charge in [-0.1, -0.05) is 23.4 Å². The van der Waals surface area contributed by atoms with Crippen LogP contribution >= 0.6 is 0 Å². The highest BCUT2D eigenvalue weighted by atomic mass is 32.2. The van der Waals surface area contributed by atoms with E-state index in [0.717, 1.165) is 0 Å². The van der Waals surface area contributed by atoms with Crippen molar-refractivity contribution in [2.45, 2.75) is 24.3 Å². The first kappa shape index (κ1) is 21.1. The zero-order valence-corrected chi connectivity index (χ0v) is 17.3. The summed E-state index contributed by atoms with van der Waals surface area (Å²) in [6.45, 7) is 0.300. The van der Waals surface area contributed by atoms with Gasteiger partial charge in [0.05, 0.1) is 10.8 Å². The van der Waals surface area contributed by atoms with Gasteiger partial charge in [-0.05, 0) is 49.2 Å². The molecule has 10 heteroatoms. The van der Waals surface area contributed by atoms with Gasteiger partial charge in [0.25, 0.3) is 5.89 Å². The Labute approximate surface area is 178 Å². The fourth-order valence-electron chi connectivity index (χ4n) is 3.35. The molecule has 0 saturated carbocycles. The van der Waals surface area contributed by atoms with Gasteiger partial charge in [-0.25, -0.2) is 12.8 Å². The normalized spacial score (nSPS) is 15.6. The van der Waals surface area contributed by atoms with E-state index in [2.05, 4.69) is 10.1 Å². The number of carbonyl (C=O) groups excluding carboxylic acids is 1. The molecule has 162 valence electrons. The molecule has 1 aliphatic heterocycles. The van der Waals surface area contributed by atoms with Gasteiger partial charge in [0.2, 0.25) is 15.8 Å². The average Bonchev–Trinajstić information content (AvgIpc) is 3.28. The Morgan fingerprint density at radius 1 is 1.10 bits per heavy atom. The highest BCUT2D eigenvalue weighted by Gasteiger charge is 2.32. The van der Waals surface area contributed by atoms with Crippen LogP contribution in [0.4, 0.5) is 4.39 Å². The molecule has 0 N–H and O–H groups in total. The second kappa shape index (κ2) is 8.94. The van der Waals surface area contributed by atoms with Crippen LogP contribution in [0.3, 0.4) is 0 Å². The number of piperidine rings is 1. The minimum atomic E-state index is -3.57. The summed E-state index contributed by atoms with van der Waals surface area (Å²) >= 11 is 0. The van der Waals surface area contributed by atoms with Crippen molar-refractivity contribution < 1.29 is 26.9 Å². The van der Waals surface area contributed by atoms with Crippen molar-refractivity contribution in [3.63, 3.8) is 0 Å². The van der Waals surface area contributed by atoms with Gasteiger partial charge in [0, 0.05) is 18.7 Å². The Hall–Kier alpha value is -3.11. The van der Waals surface area contributed by atoms with Crippen molar-refractivity contribution in [2.75, 3.05) is 13.1 Å². The van der Waals surface area contributed by atoms with E-state index in [1.807, 2.05) is 0 Å². The van der Waals surface area contributed by atoms with Gasteiger partial charge in [0.15, 0.2) is 6.61 Å². The smallest absolute Gasteiger partial charge is 0.309 e. The maximum atomic E-state index is 13.0. The zero-order valence-electron chi connectivity index (χ0n) is 16.5. The number of carbonyl (C=O) groups is 1. The second-order valence-electron chi connectivity index (χ2n) is 7.12. The number of esters is 1. The quantitative estimate of drug-likeness (QED) is 0.537. The van der Waals surface area contributed by atoms with E-state index in [9.17, 15) is 17.6 Å². The van der Waals surface area contributed by atoms with Gasteiger partial charge >= 0.3 is 5.97 Å². The molecule has 0 spiro atoms. The lowest BCUT2D eigenvalue weighted by Gasteiger charge is -2.30. The van der Waals surface area contributed by atoms with E-state index < -0.39 is 21.9 Å². The number of nitrogens with zero attached hydrogens (tertiary/aromatic N) is 3. The monoisotopic (exact) mass is 445 g/mol. The second-order valence-corrected chi connectivity index (χ2v) is 9.06. The number of ether oxygens (including phenoxy) is 1. The number of halogens is 1. The lowest BCUT2D eigenvalue weighted by Crippen LogP contribution is -2.40. The van der Waals surface area contributed by atoms with E-state index in [0.29, 0.717) is 18.4 Å². The summed E-state index contributed by atoms with van der Waals surface area (Å²) < 4.78 is 50.1. The van der Waals surface area contributed by atoms with Crippen LogP contribution in [-0.4, -0.2) is 41.9 Å². The highest BCUT2D eigenvalue weighted by Crippen LogP contribution is 2.25. The van der Waals surface area contributed by atoms with Gasteiger partial charge in [0.1, 0.15) is 5.82 Å². The fourth-order valence-corrected chi connectivity index (χ4v) is 4.84. The maximum absolute atomic E-state index is 13.0. The molecule has 1 saturated heterocycles. The SMILES string of the molecule is O=C(OCc1nc(-c2ccc(F)cc2)no1)C1CCN(S(=O)(=O)c2ccccc2)CC1. The average molecular weight is 445 g/mol. The lowest BCUT2D eigenvalue weighted by atomic mass is 9.98. The zero-order chi connectivity index (χ0) is 21.8. The first-order valence-corrected chi connectivity index (χ1v) is 11.2. The van der Waals surface area contributed by atoms with Crippen molar-refractivity contribution in [3.05, 3.63) is 66.3 Å². The maximum Gasteiger partial charge on any atom is 0.309 e. The third-order valence-corrected chi connectivity index (χ3v) is 6.99. The van der Waals surface area contributed by atoms with E-state index in [1.54, 1.807) is 30.3 Å². The Kier molecular flexibility index (Phi) is 6.10. The minimum Gasteiger partial charge on any atom is -0.455 e. The van der Waals surface area contributed by atoms with Crippen molar-refractivity contribution in [1.29, 1.82) is 0 Å². The predicted molar refractivity (Wildman–Crippen MR) is 107 cm³/mol. The van der Waals surface area contributed by atoms with Gasteiger partial charge in [-0.15, -0.1) is 0 Å². The lowest BCUT2D eigenvalue weighted by molar-refractivity contribution is -0.152. The van der Waals surface area contributed by atoms with E-state index in [1.165, 1.54) is 28.6 Å². The van der Waals surface area contributed by atoms with Crippen LogP contribution in [-0.2, 0) is 26.2 Å². The Balaban J connectivity index is 1.29. The predicted octanol–water partition coefficient (Wildman–Crippen LogP) is 3.02. The number of hydrogen-bond acceptors (Lipinski definition) is 7. The van der Waals surface area contributed by atoms with Crippen LogP contribution < -0.4 is 0 Å². The molecular formula is C21H20FN3O5S. The first-order valence-electron chi connectivity index (χ1n) is 9.74. The van der Waals surface area contributed by atoms with Crippen molar-refractivity contribution in [1.82, 2.24) is 14.4 Å².